The lowest BCUT2D eigenvalue weighted by atomic mass is 10.3. The van der Waals surface area contributed by atoms with Crippen molar-refractivity contribution in [1.82, 2.24) is 19.5 Å². The number of carbonyl (C=O) groups is 1. The molecule has 0 saturated carbocycles. The highest BCUT2D eigenvalue weighted by Crippen LogP contribution is 2.24. The molecule has 2 N–H and O–H groups in total. The average molecular weight is 455 g/mol. The molecule has 0 aliphatic heterocycles. The van der Waals surface area contributed by atoms with E-state index in [2.05, 4.69) is 30.9 Å². The number of aryl methyl sites for hydroxylation is 2. The molecule has 0 bridgehead atoms. The number of aromatic amines is 1. The Hall–Kier alpha value is -1.82. The van der Waals surface area contributed by atoms with Crippen LogP contribution in [-0.2, 0) is 30.4 Å². The molecule has 26 heavy (non-hydrogen) atoms. The Morgan fingerprint density at radius 3 is 2.65 bits per heavy atom. The van der Waals surface area contributed by atoms with Gasteiger partial charge in [0.25, 0.3) is 5.56 Å². The smallest absolute Gasteiger partial charge is 0.475 e. The molecule has 142 valence electrons. The maximum atomic E-state index is 11.9. The fourth-order valence-electron chi connectivity index (χ4n) is 2.18. The van der Waals surface area contributed by atoms with Crippen molar-refractivity contribution >= 4 is 33.7 Å². The van der Waals surface area contributed by atoms with Crippen LogP contribution in [0.2, 0.25) is 0 Å². The first kappa shape index (κ1) is 20.5. The second-order valence-corrected chi connectivity index (χ2v) is 7.05. The van der Waals surface area contributed by atoms with Crippen molar-refractivity contribution in [3.63, 3.8) is 0 Å². The molecule has 2 aromatic heterocycles. The Balaban J connectivity index is 0.000000298. The second-order valence-electron chi connectivity index (χ2n) is 5.33. The standard InChI is InChI=1S/C12H13BrN4OS.C2HF3O2/c1-17-6-14-9(10(17)13)5-19-12-15-8-4-2-3-7(8)11(18)16-12;3-2(4,5)1(6)7/h6H,2-5H2,1H3,(H,15,16,18);(H,6,7). The van der Waals surface area contributed by atoms with Gasteiger partial charge in [-0.15, -0.1) is 0 Å². The lowest BCUT2D eigenvalue weighted by Gasteiger charge is -2.03. The quantitative estimate of drug-likeness (QED) is 0.546. The van der Waals surface area contributed by atoms with Crippen LogP contribution in [-0.4, -0.2) is 36.8 Å². The summed E-state index contributed by atoms with van der Waals surface area (Å²) in [6, 6.07) is 0. The maximum absolute atomic E-state index is 11.9. The molecule has 0 fully saturated rings. The van der Waals surface area contributed by atoms with Crippen LogP contribution < -0.4 is 5.56 Å². The van der Waals surface area contributed by atoms with Gasteiger partial charge in [0.05, 0.1) is 17.7 Å². The summed E-state index contributed by atoms with van der Waals surface area (Å²) in [7, 11) is 1.93. The van der Waals surface area contributed by atoms with Crippen molar-refractivity contribution in [3.05, 3.63) is 38.2 Å². The number of aromatic nitrogens is 4. The Morgan fingerprint density at radius 1 is 1.46 bits per heavy atom. The van der Waals surface area contributed by atoms with E-state index < -0.39 is 12.1 Å². The predicted octanol–water partition coefficient (Wildman–Crippen LogP) is 2.68. The average Bonchev–Trinajstić information content (AvgIpc) is 3.14. The van der Waals surface area contributed by atoms with Gasteiger partial charge in [-0.25, -0.2) is 14.8 Å². The number of hydrogen-bond donors (Lipinski definition) is 2. The van der Waals surface area contributed by atoms with Crippen LogP contribution in [0.15, 0.2) is 20.9 Å². The van der Waals surface area contributed by atoms with E-state index in [9.17, 15) is 18.0 Å². The summed E-state index contributed by atoms with van der Waals surface area (Å²) in [6.45, 7) is 0. The molecule has 7 nitrogen and oxygen atoms in total. The molecular formula is C14H14BrF3N4O3S. The summed E-state index contributed by atoms with van der Waals surface area (Å²) in [4.78, 5) is 32.4. The van der Waals surface area contributed by atoms with Gasteiger partial charge in [0.15, 0.2) is 5.16 Å². The van der Waals surface area contributed by atoms with E-state index in [1.54, 1.807) is 6.33 Å². The zero-order valence-electron chi connectivity index (χ0n) is 13.4. The fraction of sp³-hybridized carbons (Fsp3) is 0.429. The number of aliphatic carboxylic acids is 1. The van der Waals surface area contributed by atoms with Crippen molar-refractivity contribution in [2.75, 3.05) is 0 Å². The number of fused-ring (bicyclic) bond motifs is 1. The van der Waals surface area contributed by atoms with E-state index in [-0.39, 0.29) is 5.56 Å². The normalized spacial score (nSPS) is 13.1. The van der Waals surface area contributed by atoms with Crippen molar-refractivity contribution in [3.8, 4) is 0 Å². The molecule has 0 aromatic carbocycles. The zero-order valence-corrected chi connectivity index (χ0v) is 15.8. The number of halogens is 4. The van der Waals surface area contributed by atoms with Gasteiger partial charge >= 0.3 is 12.1 Å². The zero-order chi connectivity index (χ0) is 19.5. The van der Waals surface area contributed by atoms with Crippen molar-refractivity contribution < 1.29 is 23.1 Å². The van der Waals surface area contributed by atoms with E-state index in [4.69, 9.17) is 9.90 Å². The second kappa shape index (κ2) is 8.25. The lowest BCUT2D eigenvalue weighted by Crippen LogP contribution is -2.21. The minimum Gasteiger partial charge on any atom is -0.475 e. The molecule has 2 heterocycles. The molecule has 1 aliphatic carbocycles. The van der Waals surface area contributed by atoms with Gasteiger partial charge in [-0.05, 0) is 35.2 Å². The maximum Gasteiger partial charge on any atom is 0.490 e. The van der Waals surface area contributed by atoms with Crippen LogP contribution in [0.3, 0.4) is 0 Å². The van der Waals surface area contributed by atoms with E-state index in [0.29, 0.717) is 10.9 Å². The molecule has 1 aliphatic rings. The number of H-pyrrole nitrogens is 1. The number of rotatable bonds is 3. The van der Waals surface area contributed by atoms with Crippen molar-refractivity contribution in [2.24, 2.45) is 7.05 Å². The summed E-state index contributed by atoms with van der Waals surface area (Å²) in [5.41, 5.74) is 2.80. The van der Waals surface area contributed by atoms with Gasteiger partial charge in [-0.1, -0.05) is 11.8 Å². The molecular weight excluding hydrogens is 441 g/mol. The Morgan fingerprint density at radius 2 is 2.12 bits per heavy atom. The monoisotopic (exact) mass is 454 g/mol. The third kappa shape index (κ3) is 5.10. The van der Waals surface area contributed by atoms with Crippen LogP contribution in [0.4, 0.5) is 13.2 Å². The van der Waals surface area contributed by atoms with E-state index in [1.807, 2.05) is 11.6 Å². The number of nitrogens with zero attached hydrogens (tertiary/aromatic N) is 3. The number of carboxylic acid groups (broad SMARTS) is 1. The van der Waals surface area contributed by atoms with Crippen LogP contribution in [0.1, 0.15) is 23.4 Å². The van der Waals surface area contributed by atoms with Crippen LogP contribution >= 0.6 is 27.7 Å². The van der Waals surface area contributed by atoms with Gasteiger partial charge in [-0.3, -0.25) is 4.79 Å². The van der Waals surface area contributed by atoms with Gasteiger partial charge in [0.1, 0.15) is 4.60 Å². The first-order valence-electron chi connectivity index (χ1n) is 7.30. The molecule has 0 saturated heterocycles. The molecule has 0 spiro atoms. The minimum absolute atomic E-state index is 0.0186. The largest absolute Gasteiger partial charge is 0.490 e. The molecule has 0 radical (unpaired) electrons. The highest BCUT2D eigenvalue weighted by atomic mass is 79.9. The van der Waals surface area contributed by atoms with Crippen LogP contribution in [0.5, 0.6) is 0 Å². The summed E-state index contributed by atoms with van der Waals surface area (Å²) < 4.78 is 34.6. The SMILES string of the molecule is Cn1cnc(CSc2nc3c(c(=O)[nH]2)CCC3)c1Br.O=C(O)C(F)(F)F. The van der Waals surface area contributed by atoms with Crippen molar-refractivity contribution in [1.29, 1.82) is 0 Å². The predicted molar refractivity (Wildman–Crippen MR) is 91.0 cm³/mol. The topological polar surface area (TPSA) is 101 Å². The van der Waals surface area contributed by atoms with E-state index in [0.717, 1.165) is 40.8 Å². The van der Waals surface area contributed by atoms with Crippen LogP contribution in [0.25, 0.3) is 0 Å². The molecule has 0 amide bonds. The fourth-order valence-corrected chi connectivity index (χ4v) is 3.53. The number of imidazole rings is 1. The first-order valence-corrected chi connectivity index (χ1v) is 9.08. The molecule has 0 unspecified atom stereocenters. The highest BCUT2D eigenvalue weighted by Gasteiger charge is 2.38. The summed E-state index contributed by atoms with van der Waals surface area (Å²) in [5, 5.41) is 7.81. The highest BCUT2D eigenvalue weighted by molar-refractivity contribution is 9.10. The first-order chi connectivity index (χ1) is 12.1. The van der Waals surface area contributed by atoms with Gasteiger partial charge in [0.2, 0.25) is 0 Å². The lowest BCUT2D eigenvalue weighted by molar-refractivity contribution is -0.192. The molecule has 12 heteroatoms. The Bertz CT molecular complexity index is 866. The third-order valence-electron chi connectivity index (χ3n) is 3.44. The number of thioether (sulfide) groups is 1. The van der Waals surface area contributed by atoms with Crippen LogP contribution in [0, 0.1) is 0 Å². The Kier molecular flexibility index (Phi) is 6.50. The van der Waals surface area contributed by atoms with Crippen molar-refractivity contribution in [2.45, 2.75) is 36.3 Å². The number of alkyl halides is 3. The number of nitrogens with one attached hydrogen (secondary N) is 1. The molecule has 0 atom stereocenters. The summed E-state index contributed by atoms with van der Waals surface area (Å²) in [6.07, 6.45) is -0.515. The van der Waals surface area contributed by atoms with Gasteiger partial charge in [0, 0.05) is 18.4 Å². The van der Waals surface area contributed by atoms with Gasteiger partial charge < -0.3 is 14.7 Å². The van der Waals surface area contributed by atoms with Gasteiger partial charge in [-0.2, -0.15) is 13.2 Å². The Labute approximate surface area is 158 Å². The summed E-state index contributed by atoms with van der Waals surface area (Å²) in [5.74, 6) is -2.07. The molecule has 2 aromatic rings. The number of carboxylic acids is 1. The van der Waals surface area contributed by atoms with E-state index in [1.165, 1.54) is 11.8 Å². The number of hydrogen-bond acceptors (Lipinski definition) is 5. The molecule has 3 rings (SSSR count). The third-order valence-corrected chi connectivity index (χ3v) is 5.34. The summed E-state index contributed by atoms with van der Waals surface area (Å²) >= 11 is 4.99. The van der Waals surface area contributed by atoms with E-state index >= 15 is 0 Å². The minimum atomic E-state index is -5.08.